The molecule has 0 radical (unpaired) electrons. The van der Waals surface area contributed by atoms with Crippen molar-refractivity contribution in [3.63, 3.8) is 0 Å². The van der Waals surface area contributed by atoms with Gasteiger partial charge in [0.2, 0.25) is 5.78 Å². The fraction of sp³-hybridized carbons (Fsp3) is 0.143. The summed E-state index contributed by atoms with van der Waals surface area (Å²) in [7, 11) is 1.29. The molecule has 23 heavy (non-hydrogen) atoms. The maximum Gasteiger partial charge on any atom is 0.372 e. The fourth-order valence-electron chi connectivity index (χ4n) is 2.11. The summed E-state index contributed by atoms with van der Waals surface area (Å²) in [5.74, 6) is -4.01. The zero-order valence-corrected chi connectivity index (χ0v) is 11.8. The maximum absolute atomic E-state index is 12.2. The molecule has 2 rings (SSSR count). The van der Waals surface area contributed by atoms with Crippen molar-refractivity contribution >= 4 is 34.1 Å². The van der Waals surface area contributed by atoms with Gasteiger partial charge in [0.25, 0.3) is 5.69 Å². The average Bonchev–Trinajstić information content (AvgIpc) is 2.52. The number of carboxylic acid groups (broad SMARTS) is 1. The summed E-state index contributed by atoms with van der Waals surface area (Å²) in [6.45, 7) is 0. The largest absolute Gasteiger partial charge is 0.494 e. The Balaban J connectivity index is 2.72. The van der Waals surface area contributed by atoms with E-state index in [9.17, 15) is 24.5 Å². The van der Waals surface area contributed by atoms with Crippen LogP contribution in [0.5, 0.6) is 5.75 Å². The van der Waals surface area contributed by atoms with Crippen LogP contribution in [0.4, 0.5) is 5.69 Å². The quantitative estimate of drug-likeness (QED) is 0.277. The molecule has 9 heteroatoms. The Labute approximate surface area is 128 Å². The summed E-state index contributed by atoms with van der Waals surface area (Å²) in [5.41, 5.74) is -0.745. The van der Waals surface area contributed by atoms with Crippen molar-refractivity contribution in [1.29, 1.82) is 0 Å². The third-order valence-electron chi connectivity index (χ3n) is 3.09. The predicted molar refractivity (Wildman–Crippen MR) is 76.5 cm³/mol. The van der Waals surface area contributed by atoms with Gasteiger partial charge in [-0.25, -0.2) is 4.79 Å². The Morgan fingerprint density at radius 2 is 2.09 bits per heavy atom. The van der Waals surface area contributed by atoms with E-state index in [-0.39, 0.29) is 22.2 Å². The van der Waals surface area contributed by atoms with E-state index in [0.29, 0.717) is 0 Å². The number of fused-ring (bicyclic) bond motifs is 1. The second-order valence-electron chi connectivity index (χ2n) is 4.46. The van der Waals surface area contributed by atoms with Gasteiger partial charge in [0.05, 0.1) is 24.5 Å². The van der Waals surface area contributed by atoms with Gasteiger partial charge < -0.3 is 9.84 Å². The number of methoxy groups -OCH3 is 1. The van der Waals surface area contributed by atoms with E-state index in [2.05, 4.69) is 4.98 Å². The molecule has 0 atom stereocenters. The first kappa shape index (κ1) is 16.0. The van der Waals surface area contributed by atoms with Crippen molar-refractivity contribution in [1.82, 2.24) is 4.98 Å². The molecular weight excluding hydrogens is 308 g/mol. The first-order valence-electron chi connectivity index (χ1n) is 6.26. The van der Waals surface area contributed by atoms with Gasteiger partial charge in [-0.05, 0) is 6.07 Å². The first-order chi connectivity index (χ1) is 10.9. The average molecular weight is 318 g/mol. The SMILES string of the molecule is COc1cc([N+](=O)[O-])c(C(=O)CC(=O)C(=O)O)c2cccnc12. The molecule has 0 aliphatic rings. The van der Waals surface area contributed by atoms with Crippen molar-refractivity contribution in [3.05, 3.63) is 40.1 Å². The number of nitrogens with zero attached hydrogens (tertiary/aromatic N) is 2. The van der Waals surface area contributed by atoms with Crippen LogP contribution < -0.4 is 4.74 Å². The topological polar surface area (TPSA) is 137 Å². The van der Waals surface area contributed by atoms with Crippen LogP contribution >= 0.6 is 0 Å². The number of carbonyl (C=O) groups excluding carboxylic acids is 2. The molecule has 0 aliphatic carbocycles. The number of nitro benzene ring substituents is 1. The van der Waals surface area contributed by atoms with Crippen molar-refractivity contribution in [3.8, 4) is 5.75 Å². The molecule has 1 heterocycles. The highest BCUT2D eigenvalue weighted by Gasteiger charge is 2.29. The highest BCUT2D eigenvalue weighted by Crippen LogP contribution is 2.35. The molecule has 9 nitrogen and oxygen atoms in total. The van der Waals surface area contributed by atoms with Crippen LogP contribution in [0.25, 0.3) is 10.9 Å². The normalized spacial score (nSPS) is 10.3. The van der Waals surface area contributed by atoms with Gasteiger partial charge in [0, 0.05) is 11.6 Å². The summed E-state index contributed by atoms with van der Waals surface area (Å²) < 4.78 is 5.03. The lowest BCUT2D eigenvalue weighted by Crippen LogP contribution is -2.18. The molecule has 1 aromatic carbocycles. The number of carbonyl (C=O) groups is 3. The molecule has 1 aromatic heterocycles. The molecule has 0 saturated carbocycles. The van der Waals surface area contributed by atoms with E-state index in [4.69, 9.17) is 9.84 Å². The molecule has 0 saturated heterocycles. The number of rotatable bonds is 6. The zero-order valence-electron chi connectivity index (χ0n) is 11.8. The minimum Gasteiger partial charge on any atom is -0.494 e. The Morgan fingerprint density at radius 1 is 1.39 bits per heavy atom. The Morgan fingerprint density at radius 3 is 2.65 bits per heavy atom. The summed E-state index contributed by atoms with van der Waals surface area (Å²) in [4.78, 5) is 48.5. The maximum atomic E-state index is 12.2. The summed E-state index contributed by atoms with van der Waals surface area (Å²) in [6, 6.07) is 3.89. The molecule has 0 bridgehead atoms. The van der Waals surface area contributed by atoms with Crippen LogP contribution in [-0.4, -0.2) is 39.7 Å². The third kappa shape index (κ3) is 2.98. The zero-order chi connectivity index (χ0) is 17.1. The number of benzene rings is 1. The van der Waals surface area contributed by atoms with Crippen LogP contribution in [0.15, 0.2) is 24.4 Å². The number of aliphatic carboxylic acids is 1. The van der Waals surface area contributed by atoms with E-state index in [1.807, 2.05) is 0 Å². The number of ketones is 2. The molecule has 0 fully saturated rings. The molecule has 118 valence electrons. The first-order valence-corrected chi connectivity index (χ1v) is 6.26. The summed E-state index contributed by atoms with van der Waals surface area (Å²) in [5, 5.41) is 19.9. The Hall–Kier alpha value is -3.36. The van der Waals surface area contributed by atoms with Gasteiger partial charge in [0.1, 0.15) is 11.1 Å². The van der Waals surface area contributed by atoms with Crippen molar-refractivity contribution in [2.45, 2.75) is 6.42 Å². The lowest BCUT2D eigenvalue weighted by molar-refractivity contribution is -0.385. The van der Waals surface area contributed by atoms with E-state index >= 15 is 0 Å². The smallest absolute Gasteiger partial charge is 0.372 e. The van der Waals surface area contributed by atoms with E-state index in [1.165, 1.54) is 25.4 Å². The predicted octanol–water partition coefficient (Wildman–Crippen LogP) is 1.38. The van der Waals surface area contributed by atoms with Crippen LogP contribution in [0, 0.1) is 10.1 Å². The van der Waals surface area contributed by atoms with Crippen molar-refractivity contribution in [2.24, 2.45) is 0 Å². The minimum atomic E-state index is -1.78. The molecule has 1 N–H and O–H groups in total. The highest BCUT2D eigenvalue weighted by molar-refractivity contribution is 6.38. The van der Waals surface area contributed by atoms with Crippen LogP contribution in [0.3, 0.4) is 0 Å². The van der Waals surface area contributed by atoms with E-state index < -0.39 is 34.6 Å². The molecular formula is C14H10N2O7. The standard InChI is InChI=1S/C14H10N2O7/c1-23-11-5-8(16(21)22)12(7-3-2-4-15-13(7)11)9(17)6-10(18)14(19)20/h2-5H,6H2,1H3,(H,19,20). The number of Topliss-reactive ketones (excluding diaryl/α,β-unsaturated/α-hetero) is 2. The number of hydrogen-bond donors (Lipinski definition) is 1. The van der Waals surface area contributed by atoms with Crippen molar-refractivity contribution in [2.75, 3.05) is 7.11 Å². The number of hydrogen-bond acceptors (Lipinski definition) is 7. The van der Waals surface area contributed by atoms with Gasteiger partial charge in [-0.2, -0.15) is 0 Å². The molecule has 2 aromatic rings. The van der Waals surface area contributed by atoms with E-state index in [1.54, 1.807) is 0 Å². The summed E-state index contributed by atoms with van der Waals surface area (Å²) >= 11 is 0. The second-order valence-corrected chi connectivity index (χ2v) is 4.46. The lowest BCUT2D eigenvalue weighted by Gasteiger charge is -2.09. The number of aromatic nitrogens is 1. The molecule has 0 spiro atoms. The Kier molecular flexibility index (Phi) is 4.30. The number of carboxylic acids is 1. The fourth-order valence-corrected chi connectivity index (χ4v) is 2.11. The van der Waals surface area contributed by atoms with Gasteiger partial charge in [-0.1, -0.05) is 6.07 Å². The van der Waals surface area contributed by atoms with Gasteiger partial charge >= 0.3 is 5.97 Å². The van der Waals surface area contributed by atoms with Gasteiger partial charge in [-0.15, -0.1) is 0 Å². The van der Waals surface area contributed by atoms with Crippen LogP contribution in [-0.2, 0) is 9.59 Å². The summed E-state index contributed by atoms with van der Waals surface area (Å²) in [6.07, 6.45) is 0.430. The lowest BCUT2D eigenvalue weighted by atomic mass is 9.98. The van der Waals surface area contributed by atoms with Crippen LogP contribution in [0.1, 0.15) is 16.8 Å². The molecule has 0 unspecified atom stereocenters. The van der Waals surface area contributed by atoms with Crippen molar-refractivity contribution < 1.29 is 29.2 Å². The molecule has 0 aliphatic heterocycles. The van der Waals surface area contributed by atoms with Gasteiger partial charge in [-0.3, -0.25) is 24.7 Å². The second kappa shape index (κ2) is 6.18. The van der Waals surface area contributed by atoms with E-state index in [0.717, 1.165) is 6.07 Å². The molecule has 0 amide bonds. The third-order valence-corrected chi connectivity index (χ3v) is 3.09. The van der Waals surface area contributed by atoms with Crippen LogP contribution in [0.2, 0.25) is 0 Å². The monoisotopic (exact) mass is 318 g/mol. The number of ether oxygens (including phenoxy) is 1. The number of nitro groups is 1. The van der Waals surface area contributed by atoms with Gasteiger partial charge in [0.15, 0.2) is 11.5 Å². The Bertz CT molecular complexity index is 844. The minimum absolute atomic E-state index is 0.0911. The highest BCUT2D eigenvalue weighted by atomic mass is 16.6. The number of pyridine rings is 1.